The molecule has 37 heavy (non-hydrogen) atoms. The zero-order valence-corrected chi connectivity index (χ0v) is 20.8. The first-order chi connectivity index (χ1) is 17.6. The fraction of sp³-hybridized carbons (Fsp3) is 0.280. The van der Waals surface area contributed by atoms with E-state index >= 15 is 8.78 Å². The number of benzene rings is 2. The maximum absolute atomic E-state index is 16.1. The van der Waals surface area contributed by atoms with Gasteiger partial charge >= 0.3 is 0 Å². The maximum Gasteiger partial charge on any atom is 0.262 e. The number of nitrogen functional groups attached to an aromatic ring is 1. The van der Waals surface area contributed by atoms with Crippen LogP contribution >= 0.6 is 23.2 Å². The first kappa shape index (κ1) is 25.2. The third kappa shape index (κ3) is 4.04. The molecule has 0 saturated carbocycles. The van der Waals surface area contributed by atoms with E-state index in [0.29, 0.717) is 13.0 Å². The third-order valence-electron chi connectivity index (χ3n) is 7.07. The first-order valence-electron chi connectivity index (χ1n) is 11.4. The predicted molar refractivity (Wildman–Crippen MR) is 136 cm³/mol. The van der Waals surface area contributed by atoms with Crippen molar-refractivity contribution in [2.45, 2.75) is 24.3 Å². The summed E-state index contributed by atoms with van der Waals surface area (Å²) in [5.41, 5.74) is 5.39. The Morgan fingerprint density at radius 2 is 1.89 bits per heavy atom. The molecule has 1 unspecified atom stereocenters. The van der Waals surface area contributed by atoms with Crippen LogP contribution < -0.4 is 16.6 Å². The van der Waals surface area contributed by atoms with Crippen LogP contribution in [0.25, 0.3) is 10.9 Å². The van der Waals surface area contributed by atoms with E-state index in [2.05, 4.69) is 16.9 Å². The van der Waals surface area contributed by atoms with E-state index in [0.717, 1.165) is 23.0 Å². The van der Waals surface area contributed by atoms with Crippen molar-refractivity contribution in [2.75, 3.05) is 25.4 Å². The van der Waals surface area contributed by atoms with Crippen molar-refractivity contribution < 1.29 is 18.4 Å². The third-order valence-corrected chi connectivity index (χ3v) is 7.89. The number of aromatic nitrogens is 2. The predicted octanol–water partition coefficient (Wildman–Crippen LogP) is 3.52. The van der Waals surface area contributed by atoms with Crippen molar-refractivity contribution in [2.24, 2.45) is 0 Å². The fourth-order valence-corrected chi connectivity index (χ4v) is 5.76. The summed E-state index contributed by atoms with van der Waals surface area (Å²) in [4.78, 5) is 43.3. The molecule has 1 aromatic heterocycles. The summed E-state index contributed by atoms with van der Waals surface area (Å²) < 4.78 is 32.3. The van der Waals surface area contributed by atoms with Gasteiger partial charge in [-0.05, 0) is 30.7 Å². The number of halogens is 4. The summed E-state index contributed by atoms with van der Waals surface area (Å²) in [6.07, 6.45) is 2.64. The lowest BCUT2D eigenvalue weighted by Gasteiger charge is -2.23. The number of nitrogens with zero attached hydrogens (tertiary/aromatic N) is 3. The van der Waals surface area contributed by atoms with Crippen LogP contribution in [0.5, 0.6) is 0 Å². The number of likely N-dealkylation sites (tertiary alicyclic amines) is 1. The van der Waals surface area contributed by atoms with E-state index in [-0.39, 0.29) is 56.8 Å². The number of rotatable bonds is 4. The highest BCUT2D eigenvalue weighted by atomic mass is 35.5. The molecule has 5 rings (SSSR count). The van der Waals surface area contributed by atoms with Crippen LogP contribution in [0.1, 0.15) is 35.4 Å². The first-order valence-corrected chi connectivity index (χ1v) is 12.2. The fourth-order valence-electron chi connectivity index (χ4n) is 5.30. The zero-order valence-electron chi connectivity index (χ0n) is 19.3. The van der Waals surface area contributed by atoms with Crippen molar-refractivity contribution >= 4 is 51.6 Å². The van der Waals surface area contributed by atoms with Gasteiger partial charge in [-0.1, -0.05) is 29.8 Å². The molecule has 3 N–H and O–H groups in total. The van der Waals surface area contributed by atoms with Gasteiger partial charge in [0.25, 0.3) is 5.56 Å². The Kier molecular flexibility index (Phi) is 6.41. The van der Waals surface area contributed by atoms with Crippen LogP contribution in [0.2, 0.25) is 10.0 Å². The summed E-state index contributed by atoms with van der Waals surface area (Å²) >= 11 is 12.5. The van der Waals surface area contributed by atoms with E-state index in [1.165, 1.54) is 17.0 Å². The molecule has 2 aliphatic heterocycles. The summed E-state index contributed by atoms with van der Waals surface area (Å²) in [6, 6.07) is 3.02. The molecule has 192 valence electrons. The Bertz CT molecular complexity index is 1540. The second-order valence-electron chi connectivity index (χ2n) is 9.06. The lowest BCUT2D eigenvalue weighted by molar-refractivity contribution is -0.125. The molecule has 0 spiro atoms. The van der Waals surface area contributed by atoms with Crippen LogP contribution in [0.4, 0.5) is 14.5 Å². The van der Waals surface area contributed by atoms with Crippen molar-refractivity contribution in [3.05, 3.63) is 80.3 Å². The minimum atomic E-state index is -0.864. The van der Waals surface area contributed by atoms with Gasteiger partial charge < -0.3 is 16.0 Å². The van der Waals surface area contributed by atoms with E-state index in [1.807, 2.05) is 0 Å². The monoisotopic (exact) mass is 547 g/mol. The van der Waals surface area contributed by atoms with Gasteiger partial charge in [-0.25, -0.2) is 13.8 Å². The molecule has 2 saturated heterocycles. The molecule has 0 aliphatic carbocycles. The van der Waals surface area contributed by atoms with E-state index in [4.69, 9.17) is 28.9 Å². The minimum Gasteiger partial charge on any atom is -0.398 e. The van der Waals surface area contributed by atoms with E-state index < -0.39 is 41.0 Å². The Morgan fingerprint density at radius 1 is 1.19 bits per heavy atom. The number of nitrogens with two attached hydrogens (primary N) is 1. The number of carbonyl (C=O) groups excluding carboxylic acids is 2. The average molecular weight is 548 g/mol. The maximum atomic E-state index is 16.1. The Balaban J connectivity index is 1.68. The number of hydrogen-bond donors (Lipinski definition) is 2. The molecule has 0 radical (unpaired) electrons. The molecule has 12 heteroatoms. The Labute approximate surface area is 219 Å². The second kappa shape index (κ2) is 9.42. The van der Waals surface area contributed by atoms with Gasteiger partial charge in [0, 0.05) is 48.3 Å². The van der Waals surface area contributed by atoms with Gasteiger partial charge in [0.05, 0.1) is 21.8 Å². The second-order valence-corrected chi connectivity index (χ2v) is 9.84. The Hall–Kier alpha value is -3.50. The summed E-state index contributed by atoms with van der Waals surface area (Å²) in [7, 11) is 0. The Morgan fingerprint density at radius 3 is 2.54 bits per heavy atom. The van der Waals surface area contributed by atoms with Crippen molar-refractivity contribution in [3.8, 4) is 0 Å². The summed E-state index contributed by atoms with van der Waals surface area (Å²) in [5.74, 6) is -3.91. The van der Waals surface area contributed by atoms with Gasteiger partial charge in [0.15, 0.2) is 5.82 Å². The lowest BCUT2D eigenvalue weighted by Crippen LogP contribution is -2.30. The standard InChI is InChI=1S/C25H21Cl2F2N5O3/c1-2-18(35)33-8-12(19-15(28)4-3-14(26)21(19)27)13(9-33)20-16(30)7-11-23(22(20)29)32-10-34(25(11)37)17-5-6-31-24(17)36/h2-4,7,10,12-13,17H,1,5-6,8-9,30H2,(H,31,36)/t12-,13?,17-/m1/s1. The number of hydrogen-bond acceptors (Lipinski definition) is 5. The van der Waals surface area contributed by atoms with Gasteiger partial charge in [-0.3, -0.25) is 19.0 Å². The highest BCUT2D eigenvalue weighted by molar-refractivity contribution is 6.42. The van der Waals surface area contributed by atoms with Crippen LogP contribution in [0.3, 0.4) is 0 Å². The van der Waals surface area contributed by atoms with Gasteiger partial charge in [-0.15, -0.1) is 0 Å². The van der Waals surface area contributed by atoms with Crippen LogP contribution in [-0.2, 0) is 9.59 Å². The van der Waals surface area contributed by atoms with Gasteiger partial charge in [0.1, 0.15) is 17.4 Å². The molecule has 3 aromatic rings. The molecule has 2 aliphatic rings. The lowest BCUT2D eigenvalue weighted by atomic mass is 9.82. The number of amides is 2. The molecule has 3 atom stereocenters. The highest BCUT2D eigenvalue weighted by Crippen LogP contribution is 2.47. The number of fused-ring (bicyclic) bond motifs is 1. The van der Waals surface area contributed by atoms with Crippen molar-refractivity contribution in [1.82, 2.24) is 19.8 Å². The molecular formula is C25H21Cl2F2N5O3. The highest BCUT2D eigenvalue weighted by Gasteiger charge is 2.42. The topological polar surface area (TPSA) is 110 Å². The smallest absolute Gasteiger partial charge is 0.262 e. The van der Waals surface area contributed by atoms with Gasteiger partial charge in [-0.2, -0.15) is 0 Å². The molecule has 3 heterocycles. The molecule has 0 bridgehead atoms. The van der Waals surface area contributed by atoms with Gasteiger partial charge in [0.2, 0.25) is 11.8 Å². The van der Waals surface area contributed by atoms with Crippen LogP contribution in [0, 0.1) is 11.6 Å². The molecule has 8 nitrogen and oxygen atoms in total. The van der Waals surface area contributed by atoms with Crippen molar-refractivity contribution in [1.29, 1.82) is 0 Å². The number of carbonyl (C=O) groups is 2. The zero-order chi connectivity index (χ0) is 26.6. The molecule has 2 aromatic carbocycles. The van der Waals surface area contributed by atoms with Crippen LogP contribution in [-0.4, -0.2) is 45.9 Å². The number of anilines is 1. The van der Waals surface area contributed by atoms with E-state index in [9.17, 15) is 14.4 Å². The minimum absolute atomic E-state index is 0.00916. The van der Waals surface area contributed by atoms with Crippen LogP contribution in [0.15, 0.2) is 42.0 Å². The quantitative estimate of drug-likeness (QED) is 0.295. The largest absolute Gasteiger partial charge is 0.398 e. The summed E-state index contributed by atoms with van der Waals surface area (Å²) in [5, 5.41) is 2.62. The SMILES string of the molecule is C=CC(=O)N1CC(c2c(N)cc3c(=O)n([C@@H]4CCNC4=O)cnc3c2F)[C@H](c2c(F)ccc(Cl)c2Cl)C1. The number of nitrogens with one attached hydrogen (secondary N) is 1. The molecule has 2 amide bonds. The molecule has 2 fully saturated rings. The van der Waals surface area contributed by atoms with E-state index in [1.54, 1.807) is 0 Å². The average Bonchev–Trinajstić information content (AvgIpc) is 3.49. The summed E-state index contributed by atoms with van der Waals surface area (Å²) in [6.45, 7) is 3.91. The molecular weight excluding hydrogens is 527 g/mol. The van der Waals surface area contributed by atoms with Crippen molar-refractivity contribution in [3.63, 3.8) is 0 Å². The normalized spacial score (nSPS) is 21.5.